The van der Waals surface area contributed by atoms with Gasteiger partial charge in [-0.05, 0) is 48.5 Å². The molecule has 2 heterocycles. The predicted molar refractivity (Wildman–Crippen MR) is 64.3 cm³/mol. The number of nitrogens with one attached hydrogen (secondary N) is 2. The predicted octanol–water partition coefficient (Wildman–Crippen LogP) is 1.74. The molecule has 0 saturated carbocycles. The van der Waals surface area contributed by atoms with E-state index in [0.29, 0.717) is 6.54 Å². The zero-order valence-corrected chi connectivity index (χ0v) is 9.16. The Morgan fingerprint density at radius 1 is 1.25 bits per heavy atom. The molecule has 1 saturated heterocycles. The summed E-state index contributed by atoms with van der Waals surface area (Å²) in [5.41, 5.74) is 1.45. The molecule has 0 aliphatic carbocycles. The van der Waals surface area contributed by atoms with Crippen LogP contribution in [0.4, 0.5) is 0 Å². The summed E-state index contributed by atoms with van der Waals surface area (Å²) in [5, 5.41) is 15.0. The number of fused-ring (bicyclic) bond motifs is 1. The average Bonchev–Trinajstić information content (AvgIpc) is 2.77. The fourth-order valence-corrected chi connectivity index (χ4v) is 2.48. The topological polar surface area (TPSA) is 48.0 Å². The van der Waals surface area contributed by atoms with Crippen LogP contribution in [0.25, 0.3) is 10.9 Å². The van der Waals surface area contributed by atoms with Gasteiger partial charge in [-0.15, -0.1) is 0 Å². The fourth-order valence-electron chi connectivity index (χ4n) is 2.48. The first kappa shape index (κ1) is 9.87. The van der Waals surface area contributed by atoms with Gasteiger partial charge in [0.1, 0.15) is 5.60 Å². The molecule has 0 radical (unpaired) electrons. The van der Waals surface area contributed by atoms with Crippen LogP contribution in [-0.4, -0.2) is 23.2 Å². The van der Waals surface area contributed by atoms with E-state index in [0.717, 1.165) is 35.9 Å². The van der Waals surface area contributed by atoms with E-state index in [4.69, 9.17) is 0 Å². The summed E-state index contributed by atoms with van der Waals surface area (Å²) < 4.78 is 0. The molecule has 16 heavy (non-hydrogen) atoms. The monoisotopic (exact) mass is 216 g/mol. The summed E-state index contributed by atoms with van der Waals surface area (Å²) in [6, 6.07) is 8.18. The normalized spacial score (nSPS) is 26.1. The smallest absolute Gasteiger partial charge is 0.102 e. The Balaban J connectivity index is 2.03. The third-order valence-electron chi connectivity index (χ3n) is 3.45. The standard InChI is InChI=1S/C13H16N2O/c16-13(5-1-6-14-9-13)11-2-3-12-10(8-11)4-7-15-12/h2-4,7-8,14-16H,1,5-6,9H2. The third-order valence-corrected chi connectivity index (χ3v) is 3.45. The molecule has 1 aliphatic rings. The first-order valence-electron chi connectivity index (χ1n) is 5.79. The Bertz CT molecular complexity index is 497. The molecular weight excluding hydrogens is 200 g/mol. The number of piperidine rings is 1. The van der Waals surface area contributed by atoms with Crippen LogP contribution in [0.3, 0.4) is 0 Å². The van der Waals surface area contributed by atoms with Crippen LogP contribution < -0.4 is 5.32 Å². The van der Waals surface area contributed by atoms with Gasteiger partial charge in [-0.1, -0.05) is 6.07 Å². The minimum absolute atomic E-state index is 0.656. The molecular formula is C13H16N2O. The van der Waals surface area contributed by atoms with Gasteiger partial charge in [0, 0.05) is 18.3 Å². The average molecular weight is 216 g/mol. The van der Waals surface area contributed by atoms with Gasteiger partial charge in [0.05, 0.1) is 0 Å². The van der Waals surface area contributed by atoms with E-state index in [-0.39, 0.29) is 0 Å². The number of H-pyrrole nitrogens is 1. The van der Waals surface area contributed by atoms with Gasteiger partial charge in [0.2, 0.25) is 0 Å². The minimum atomic E-state index is -0.691. The number of hydrogen-bond donors (Lipinski definition) is 3. The second-order valence-corrected chi connectivity index (χ2v) is 4.59. The lowest BCUT2D eigenvalue weighted by Gasteiger charge is -2.33. The molecule has 0 amide bonds. The lowest BCUT2D eigenvalue weighted by Crippen LogP contribution is -2.43. The van der Waals surface area contributed by atoms with Gasteiger partial charge in [-0.3, -0.25) is 0 Å². The number of aliphatic hydroxyl groups is 1. The van der Waals surface area contributed by atoms with Gasteiger partial charge >= 0.3 is 0 Å². The van der Waals surface area contributed by atoms with E-state index in [1.54, 1.807) is 0 Å². The summed E-state index contributed by atoms with van der Waals surface area (Å²) in [4.78, 5) is 3.16. The molecule has 0 spiro atoms. The Labute approximate surface area is 94.5 Å². The molecule has 1 aromatic carbocycles. The summed E-state index contributed by atoms with van der Waals surface area (Å²) in [5.74, 6) is 0. The lowest BCUT2D eigenvalue weighted by molar-refractivity contribution is 0.0124. The highest BCUT2D eigenvalue weighted by Crippen LogP contribution is 2.30. The quantitative estimate of drug-likeness (QED) is 0.680. The first-order chi connectivity index (χ1) is 7.78. The first-order valence-corrected chi connectivity index (χ1v) is 5.79. The molecule has 2 aromatic rings. The lowest BCUT2D eigenvalue weighted by atomic mass is 9.86. The number of hydrogen-bond acceptors (Lipinski definition) is 2. The highest BCUT2D eigenvalue weighted by molar-refractivity contribution is 5.80. The molecule has 1 unspecified atom stereocenters. The van der Waals surface area contributed by atoms with Crippen LogP contribution >= 0.6 is 0 Å². The van der Waals surface area contributed by atoms with E-state index in [9.17, 15) is 5.11 Å². The van der Waals surface area contributed by atoms with Crippen molar-refractivity contribution in [2.45, 2.75) is 18.4 Å². The molecule has 3 rings (SSSR count). The molecule has 3 heteroatoms. The van der Waals surface area contributed by atoms with Crippen molar-refractivity contribution in [3.8, 4) is 0 Å². The molecule has 1 aliphatic heterocycles. The maximum atomic E-state index is 10.6. The zero-order valence-electron chi connectivity index (χ0n) is 9.16. The molecule has 1 aromatic heterocycles. The summed E-state index contributed by atoms with van der Waals surface area (Å²) >= 11 is 0. The van der Waals surface area contributed by atoms with Gasteiger partial charge < -0.3 is 15.4 Å². The van der Waals surface area contributed by atoms with Crippen molar-refractivity contribution >= 4 is 10.9 Å². The van der Waals surface area contributed by atoms with Gasteiger partial charge in [-0.25, -0.2) is 0 Å². The van der Waals surface area contributed by atoms with Crippen molar-refractivity contribution in [2.75, 3.05) is 13.1 Å². The Hall–Kier alpha value is -1.32. The van der Waals surface area contributed by atoms with Crippen LogP contribution in [0.2, 0.25) is 0 Å². The third kappa shape index (κ3) is 1.52. The van der Waals surface area contributed by atoms with Crippen molar-refractivity contribution < 1.29 is 5.11 Å². The number of aromatic amines is 1. The van der Waals surface area contributed by atoms with Crippen LogP contribution in [0.1, 0.15) is 18.4 Å². The molecule has 1 fully saturated rings. The molecule has 0 bridgehead atoms. The van der Waals surface area contributed by atoms with Crippen molar-refractivity contribution in [2.24, 2.45) is 0 Å². The largest absolute Gasteiger partial charge is 0.384 e. The van der Waals surface area contributed by atoms with Crippen LogP contribution in [0.15, 0.2) is 30.5 Å². The van der Waals surface area contributed by atoms with E-state index in [1.165, 1.54) is 0 Å². The maximum Gasteiger partial charge on any atom is 0.102 e. The number of rotatable bonds is 1. The maximum absolute atomic E-state index is 10.6. The SMILES string of the molecule is OC1(c2ccc3[nH]ccc3c2)CCCNC1. The molecule has 1 atom stereocenters. The van der Waals surface area contributed by atoms with E-state index in [1.807, 2.05) is 24.4 Å². The fraction of sp³-hybridized carbons (Fsp3) is 0.385. The Kier molecular flexibility index (Phi) is 2.23. The van der Waals surface area contributed by atoms with Gasteiger partial charge in [-0.2, -0.15) is 0 Å². The number of benzene rings is 1. The van der Waals surface area contributed by atoms with Crippen molar-refractivity contribution in [3.63, 3.8) is 0 Å². The minimum Gasteiger partial charge on any atom is -0.384 e. The van der Waals surface area contributed by atoms with Crippen LogP contribution in [0, 0.1) is 0 Å². The van der Waals surface area contributed by atoms with Crippen LogP contribution in [-0.2, 0) is 5.60 Å². The number of aromatic nitrogens is 1. The summed E-state index contributed by atoms with van der Waals surface area (Å²) in [6.07, 6.45) is 3.80. The molecule has 84 valence electrons. The summed E-state index contributed by atoms with van der Waals surface area (Å²) in [6.45, 7) is 1.66. The van der Waals surface area contributed by atoms with Crippen molar-refractivity contribution in [1.29, 1.82) is 0 Å². The second kappa shape index (κ2) is 3.61. The van der Waals surface area contributed by atoms with E-state index >= 15 is 0 Å². The van der Waals surface area contributed by atoms with Crippen molar-refractivity contribution in [1.82, 2.24) is 10.3 Å². The number of β-amino-alcohol motifs (C(OH)–C–C–N with tert-alkyl or cyclic N) is 1. The molecule has 3 N–H and O–H groups in total. The van der Waals surface area contributed by atoms with Crippen LogP contribution in [0.5, 0.6) is 0 Å². The highest BCUT2D eigenvalue weighted by atomic mass is 16.3. The second-order valence-electron chi connectivity index (χ2n) is 4.59. The van der Waals surface area contributed by atoms with Gasteiger partial charge in [0.15, 0.2) is 0 Å². The zero-order chi connectivity index (χ0) is 11.0. The van der Waals surface area contributed by atoms with E-state index < -0.39 is 5.60 Å². The Morgan fingerprint density at radius 3 is 3.00 bits per heavy atom. The highest BCUT2D eigenvalue weighted by Gasteiger charge is 2.31. The van der Waals surface area contributed by atoms with Gasteiger partial charge in [0.25, 0.3) is 0 Å². The summed E-state index contributed by atoms with van der Waals surface area (Å²) in [7, 11) is 0. The van der Waals surface area contributed by atoms with Crippen molar-refractivity contribution in [3.05, 3.63) is 36.0 Å². The van der Waals surface area contributed by atoms with E-state index in [2.05, 4.69) is 16.4 Å². The Morgan fingerprint density at radius 2 is 2.19 bits per heavy atom. The molecule has 3 nitrogen and oxygen atoms in total.